The number of hydrogen-bond acceptors (Lipinski definition) is 4. The standard InChI is InChI=1S/C25H30N2O4/c1-30-21-11-19(12-22(14-21)31-2)13-25(29)26-16-20-9-6-10-24(28)27(23(20)17-26)15-18-7-4-3-5-8-18/h3-5,7-8,11-12,14,20,23H,6,9-10,13,15-17H2,1-2H3/t20-,23+/m1/s1. The molecule has 0 spiro atoms. The molecule has 2 aromatic carbocycles. The first-order chi connectivity index (χ1) is 15.1. The van der Waals surface area contributed by atoms with Crippen molar-refractivity contribution in [3.63, 3.8) is 0 Å². The second kappa shape index (κ2) is 9.41. The largest absolute Gasteiger partial charge is 0.497 e. The molecule has 0 aromatic heterocycles. The van der Waals surface area contributed by atoms with Crippen LogP contribution in [0.3, 0.4) is 0 Å². The molecule has 2 saturated heterocycles. The molecule has 0 N–H and O–H groups in total. The molecule has 31 heavy (non-hydrogen) atoms. The lowest BCUT2D eigenvalue weighted by Gasteiger charge is -2.30. The monoisotopic (exact) mass is 422 g/mol. The smallest absolute Gasteiger partial charge is 0.227 e. The molecular formula is C25H30N2O4. The summed E-state index contributed by atoms with van der Waals surface area (Å²) < 4.78 is 10.7. The van der Waals surface area contributed by atoms with Crippen molar-refractivity contribution in [3.8, 4) is 11.5 Å². The van der Waals surface area contributed by atoms with Crippen molar-refractivity contribution in [2.75, 3.05) is 27.3 Å². The first-order valence-electron chi connectivity index (χ1n) is 10.9. The average Bonchev–Trinajstić information content (AvgIpc) is 3.15. The quantitative estimate of drug-likeness (QED) is 0.717. The maximum Gasteiger partial charge on any atom is 0.227 e. The van der Waals surface area contributed by atoms with Gasteiger partial charge in [0, 0.05) is 32.1 Å². The highest BCUT2D eigenvalue weighted by atomic mass is 16.5. The van der Waals surface area contributed by atoms with Crippen LogP contribution < -0.4 is 9.47 Å². The van der Waals surface area contributed by atoms with Crippen LogP contribution in [-0.4, -0.2) is 55.0 Å². The van der Waals surface area contributed by atoms with Crippen molar-refractivity contribution in [1.29, 1.82) is 0 Å². The molecule has 0 saturated carbocycles. The van der Waals surface area contributed by atoms with Crippen LogP contribution in [-0.2, 0) is 22.6 Å². The Morgan fingerprint density at radius 2 is 1.71 bits per heavy atom. The Kier molecular flexibility index (Phi) is 6.44. The van der Waals surface area contributed by atoms with E-state index in [2.05, 4.69) is 12.1 Å². The maximum atomic E-state index is 13.1. The normalized spacial score (nSPS) is 20.9. The molecule has 0 aliphatic carbocycles. The van der Waals surface area contributed by atoms with Gasteiger partial charge in [0.1, 0.15) is 11.5 Å². The SMILES string of the molecule is COc1cc(CC(=O)N2C[C@H]3CCCC(=O)N(Cc4ccccc4)[C@H]3C2)cc(OC)c1. The van der Waals surface area contributed by atoms with Crippen LogP contribution in [0.4, 0.5) is 0 Å². The lowest BCUT2D eigenvalue weighted by molar-refractivity contribution is -0.135. The fourth-order valence-electron chi connectivity index (χ4n) is 4.78. The van der Waals surface area contributed by atoms with E-state index >= 15 is 0 Å². The van der Waals surface area contributed by atoms with Gasteiger partial charge in [-0.3, -0.25) is 9.59 Å². The average molecular weight is 423 g/mol. The van der Waals surface area contributed by atoms with Crippen molar-refractivity contribution >= 4 is 11.8 Å². The van der Waals surface area contributed by atoms with Gasteiger partial charge in [-0.05, 0) is 42.0 Å². The molecule has 2 atom stereocenters. The summed E-state index contributed by atoms with van der Waals surface area (Å²) in [4.78, 5) is 29.9. The van der Waals surface area contributed by atoms with Gasteiger partial charge in [-0.2, -0.15) is 0 Å². The molecule has 0 unspecified atom stereocenters. The third kappa shape index (κ3) is 4.84. The number of likely N-dealkylation sites (tertiary alicyclic amines) is 2. The lowest BCUT2D eigenvalue weighted by atomic mass is 9.98. The summed E-state index contributed by atoms with van der Waals surface area (Å²) in [5, 5.41) is 0. The Hall–Kier alpha value is -3.02. The molecule has 0 radical (unpaired) electrons. The van der Waals surface area contributed by atoms with Crippen LogP contribution in [0.25, 0.3) is 0 Å². The van der Waals surface area contributed by atoms with E-state index in [1.807, 2.05) is 40.1 Å². The van der Waals surface area contributed by atoms with Gasteiger partial charge in [-0.25, -0.2) is 0 Å². The third-order valence-electron chi connectivity index (χ3n) is 6.41. The minimum absolute atomic E-state index is 0.0792. The number of benzene rings is 2. The van der Waals surface area contributed by atoms with Crippen molar-refractivity contribution in [2.45, 2.75) is 38.3 Å². The summed E-state index contributed by atoms with van der Waals surface area (Å²) in [5.41, 5.74) is 2.00. The number of ether oxygens (including phenoxy) is 2. The van der Waals surface area contributed by atoms with Gasteiger partial charge in [-0.15, -0.1) is 0 Å². The molecule has 0 bridgehead atoms. The number of carbonyl (C=O) groups is 2. The van der Waals surface area contributed by atoms with Crippen molar-refractivity contribution in [2.24, 2.45) is 5.92 Å². The van der Waals surface area contributed by atoms with Gasteiger partial charge in [0.15, 0.2) is 0 Å². The summed E-state index contributed by atoms with van der Waals surface area (Å²) in [6.45, 7) is 1.92. The second-order valence-corrected chi connectivity index (χ2v) is 8.42. The van der Waals surface area contributed by atoms with E-state index in [1.165, 1.54) is 0 Å². The fourth-order valence-corrected chi connectivity index (χ4v) is 4.78. The van der Waals surface area contributed by atoms with Gasteiger partial charge in [0.2, 0.25) is 11.8 Å². The van der Waals surface area contributed by atoms with Crippen LogP contribution in [0, 0.1) is 5.92 Å². The Morgan fingerprint density at radius 1 is 1.00 bits per heavy atom. The van der Waals surface area contributed by atoms with E-state index in [1.54, 1.807) is 20.3 Å². The fraction of sp³-hybridized carbons (Fsp3) is 0.440. The van der Waals surface area contributed by atoms with Crippen LogP contribution >= 0.6 is 0 Å². The van der Waals surface area contributed by atoms with Crippen LogP contribution in [0.2, 0.25) is 0 Å². The predicted octanol–water partition coefficient (Wildman–Crippen LogP) is 3.29. The van der Waals surface area contributed by atoms with Gasteiger partial charge in [0.25, 0.3) is 0 Å². The first kappa shape index (κ1) is 21.2. The van der Waals surface area contributed by atoms with Crippen LogP contribution in [0.5, 0.6) is 11.5 Å². The number of fused-ring (bicyclic) bond motifs is 1. The highest BCUT2D eigenvalue weighted by Crippen LogP contribution is 2.32. The summed E-state index contributed by atoms with van der Waals surface area (Å²) in [5.74, 6) is 1.96. The molecule has 2 amide bonds. The lowest BCUT2D eigenvalue weighted by Crippen LogP contribution is -2.43. The molecule has 4 rings (SSSR count). The van der Waals surface area contributed by atoms with Crippen LogP contribution in [0.15, 0.2) is 48.5 Å². The molecule has 2 heterocycles. The summed E-state index contributed by atoms with van der Waals surface area (Å²) in [6, 6.07) is 15.7. The number of hydrogen-bond donors (Lipinski definition) is 0. The number of methoxy groups -OCH3 is 2. The van der Waals surface area contributed by atoms with E-state index in [-0.39, 0.29) is 17.9 Å². The molecular weight excluding hydrogens is 392 g/mol. The zero-order valence-corrected chi connectivity index (χ0v) is 18.3. The molecule has 6 heteroatoms. The molecule has 2 fully saturated rings. The van der Waals surface area contributed by atoms with Gasteiger partial charge in [-0.1, -0.05) is 30.3 Å². The van der Waals surface area contributed by atoms with Gasteiger partial charge >= 0.3 is 0 Å². The van der Waals surface area contributed by atoms with Crippen molar-refractivity contribution in [3.05, 3.63) is 59.7 Å². The Morgan fingerprint density at radius 3 is 2.39 bits per heavy atom. The zero-order chi connectivity index (χ0) is 21.8. The highest BCUT2D eigenvalue weighted by molar-refractivity contribution is 5.80. The zero-order valence-electron chi connectivity index (χ0n) is 18.3. The summed E-state index contributed by atoms with van der Waals surface area (Å²) >= 11 is 0. The number of carbonyl (C=O) groups excluding carboxylic acids is 2. The maximum absolute atomic E-state index is 13.1. The first-order valence-corrected chi connectivity index (χ1v) is 10.9. The molecule has 6 nitrogen and oxygen atoms in total. The minimum atomic E-state index is 0.0792. The summed E-state index contributed by atoms with van der Waals surface area (Å²) in [6.07, 6.45) is 2.76. The third-order valence-corrected chi connectivity index (χ3v) is 6.41. The van der Waals surface area contributed by atoms with Gasteiger partial charge < -0.3 is 19.3 Å². The molecule has 2 aliphatic rings. The predicted molar refractivity (Wildman–Crippen MR) is 118 cm³/mol. The topological polar surface area (TPSA) is 59.1 Å². The molecule has 2 aromatic rings. The van der Waals surface area contributed by atoms with Crippen molar-refractivity contribution < 1.29 is 19.1 Å². The molecule has 164 valence electrons. The minimum Gasteiger partial charge on any atom is -0.497 e. The highest BCUT2D eigenvalue weighted by Gasteiger charge is 2.41. The number of amides is 2. The van der Waals surface area contributed by atoms with E-state index in [9.17, 15) is 9.59 Å². The Labute approximate surface area is 183 Å². The van der Waals surface area contributed by atoms with Crippen LogP contribution in [0.1, 0.15) is 30.4 Å². The number of rotatable bonds is 6. The van der Waals surface area contributed by atoms with E-state index < -0.39 is 0 Å². The van der Waals surface area contributed by atoms with Crippen molar-refractivity contribution in [1.82, 2.24) is 9.80 Å². The molecule has 2 aliphatic heterocycles. The number of nitrogens with zero attached hydrogens (tertiary/aromatic N) is 2. The van der Waals surface area contributed by atoms with E-state index in [0.717, 1.165) is 24.0 Å². The Balaban J connectivity index is 1.48. The van der Waals surface area contributed by atoms with E-state index in [4.69, 9.17) is 9.47 Å². The summed E-state index contributed by atoms with van der Waals surface area (Å²) in [7, 11) is 3.21. The second-order valence-electron chi connectivity index (χ2n) is 8.42. The van der Waals surface area contributed by atoms with Gasteiger partial charge in [0.05, 0.1) is 26.7 Å². The Bertz CT molecular complexity index is 908. The van der Waals surface area contributed by atoms with E-state index in [0.29, 0.717) is 49.9 Å².